The van der Waals surface area contributed by atoms with E-state index in [4.69, 9.17) is 0 Å². The molecule has 2 nitrogen and oxygen atoms in total. The van der Waals surface area contributed by atoms with Crippen molar-refractivity contribution in [2.75, 3.05) is 5.32 Å². The van der Waals surface area contributed by atoms with Crippen LogP contribution in [0.25, 0.3) is 0 Å². The van der Waals surface area contributed by atoms with Gasteiger partial charge in [0.05, 0.1) is 11.7 Å². The molecule has 0 aliphatic rings. The highest BCUT2D eigenvalue weighted by Gasteiger charge is 2.16. The third-order valence-electron chi connectivity index (χ3n) is 2.71. The Hall–Kier alpha value is -1.35. The Morgan fingerprint density at radius 1 is 1.29 bits per heavy atom. The van der Waals surface area contributed by atoms with E-state index in [1.165, 1.54) is 10.4 Å². The summed E-state index contributed by atoms with van der Waals surface area (Å²) in [6, 6.07) is 6.78. The molecule has 1 unspecified atom stereocenters. The van der Waals surface area contributed by atoms with Crippen molar-refractivity contribution in [2.45, 2.75) is 26.8 Å². The van der Waals surface area contributed by atoms with Gasteiger partial charge < -0.3 is 5.32 Å². The Morgan fingerprint density at radius 3 is 2.71 bits per heavy atom. The fourth-order valence-corrected chi connectivity index (χ4v) is 2.80. The lowest BCUT2D eigenvalue weighted by Gasteiger charge is -2.22. The zero-order chi connectivity index (χ0) is 12.3. The lowest BCUT2D eigenvalue weighted by Crippen LogP contribution is -2.15. The standard InChI is InChI=1S/C14H18N2S/c1-10(2)14(13-5-4-6-17-13)16-12-7-11(3)8-15-9-12/h4-10,14,16H,1-3H3. The first-order valence-electron chi connectivity index (χ1n) is 5.88. The molecule has 0 saturated heterocycles. The molecule has 17 heavy (non-hydrogen) atoms. The molecule has 2 aromatic rings. The number of nitrogens with zero attached hydrogens (tertiary/aromatic N) is 1. The van der Waals surface area contributed by atoms with Crippen molar-refractivity contribution >= 4 is 17.0 Å². The fraction of sp³-hybridized carbons (Fsp3) is 0.357. The van der Waals surface area contributed by atoms with Gasteiger partial charge in [0.1, 0.15) is 0 Å². The van der Waals surface area contributed by atoms with Gasteiger partial charge in [-0.15, -0.1) is 11.3 Å². The molecule has 0 aliphatic heterocycles. The molecule has 0 aromatic carbocycles. The molecule has 1 N–H and O–H groups in total. The summed E-state index contributed by atoms with van der Waals surface area (Å²) in [7, 11) is 0. The normalized spacial score (nSPS) is 12.7. The number of anilines is 1. The van der Waals surface area contributed by atoms with Crippen molar-refractivity contribution in [1.82, 2.24) is 4.98 Å². The smallest absolute Gasteiger partial charge is 0.0629 e. The second-order valence-corrected chi connectivity index (χ2v) is 5.61. The summed E-state index contributed by atoms with van der Waals surface area (Å²) in [5.41, 5.74) is 2.28. The van der Waals surface area contributed by atoms with Gasteiger partial charge in [0.2, 0.25) is 0 Å². The Bertz CT molecular complexity index is 463. The average Bonchev–Trinajstić information content (AvgIpc) is 2.78. The predicted octanol–water partition coefficient (Wildman–Crippen LogP) is 4.26. The van der Waals surface area contributed by atoms with Crippen LogP contribution < -0.4 is 5.32 Å². The number of pyridine rings is 1. The average molecular weight is 246 g/mol. The van der Waals surface area contributed by atoms with Crippen LogP contribution in [0.2, 0.25) is 0 Å². The summed E-state index contributed by atoms with van der Waals surface area (Å²) in [4.78, 5) is 5.60. The number of hydrogen-bond donors (Lipinski definition) is 1. The lowest BCUT2D eigenvalue weighted by molar-refractivity contribution is 0.553. The molecule has 2 heterocycles. The number of aryl methyl sites for hydroxylation is 1. The summed E-state index contributed by atoms with van der Waals surface area (Å²) < 4.78 is 0. The molecule has 2 rings (SSSR count). The van der Waals surface area contributed by atoms with Gasteiger partial charge in [-0.05, 0) is 35.9 Å². The van der Waals surface area contributed by atoms with E-state index in [-0.39, 0.29) is 0 Å². The topological polar surface area (TPSA) is 24.9 Å². The highest BCUT2D eigenvalue weighted by Crippen LogP contribution is 2.29. The van der Waals surface area contributed by atoms with Crippen molar-refractivity contribution < 1.29 is 0 Å². The third kappa shape index (κ3) is 3.07. The Morgan fingerprint density at radius 2 is 2.12 bits per heavy atom. The molecule has 0 bridgehead atoms. The van der Waals surface area contributed by atoms with Gasteiger partial charge in [-0.3, -0.25) is 4.98 Å². The SMILES string of the molecule is Cc1cncc(NC(c2cccs2)C(C)C)c1. The van der Waals surface area contributed by atoms with Crippen molar-refractivity contribution in [2.24, 2.45) is 5.92 Å². The Labute approximate surface area is 107 Å². The molecule has 90 valence electrons. The van der Waals surface area contributed by atoms with Crippen LogP contribution >= 0.6 is 11.3 Å². The van der Waals surface area contributed by atoms with Crippen molar-refractivity contribution in [1.29, 1.82) is 0 Å². The molecule has 2 aromatic heterocycles. The minimum absolute atomic E-state index is 0.360. The third-order valence-corrected chi connectivity index (χ3v) is 3.67. The van der Waals surface area contributed by atoms with Crippen molar-refractivity contribution in [3.8, 4) is 0 Å². The quantitative estimate of drug-likeness (QED) is 0.872. The van der Waals surface area contributed by atoms with E-state index < -0.39 is 0 Å². The summed E-state index contributed by atoms with van der Waals surface area (Å²) in [5, 5.41) is 5.70. The second-order valence-electron chi connectivity index (χ2n) is 4.63. The largest absolute Gasteiger partial charge is 0.376 e. The van der Waals surface area contributed by atoms with Crippen LogP contribution in [0, 0.1) is 12.8 Å². The van der Waals surface area contributed by atoms with Gasteiger partial charge >= 0.3 is 0 Å². The van der Waals surface area contributed by atoms with E-state index in [0.717, 1.165) is 5.69 Å². The van der Waals surface area contributed by atoms with Gasteiger partial charge in [-0.2, -0.15) is 0 Å². The van der Waals surface area contributed by atoms with E-state index in [9.17, 15) is 0 Å². The van der Waals surface area contributed by atoms with Crippen LogP contribution in [0.4, 0.5) is 5.69 Å². The molecule has 0 fully saturated rings. The minimum Gasteiger partial charge on any atom is -0.376 e. The number of rotatable bonds is 4. The predicted molar refractivity (Wildman–Crippen MR) is 74.5 cm³/mol. The van der Waals surface area contributed by atoms with E-state index >= 15 is 0 Å². The Kier molecular flexibility index (Phi) is 3.79. The lowest BCUT2D eigenvalue weighted by atomic mass is 10.0. The van der Waals surface area contributed by atoms with Gasteiger partial charge in [0, 0.05) is 17.3 Å². The number of aromatic nitrogens is 1. The monoisotopic (exact) mass is 246 g/mol. The molecule has 0 radical (unpaired) electrons. The summed E-state index contributed by atoms with van der Waals surface area (Å²) in [6.07, 6.45) is 3.76. The van der Waals surface area contributed by atoms with E-state index in [1.807, 2.05) is 12.4 Å². The maximum atomic E-state index is 4.22. The van der Waals surface area contributed by atoms with Crippen LogP contribution in [0.15, 0.2) is 36.0 Å². The van der Waals surface area contributed by atoms with Crippen LogP contribution in [0.1, 0.15) is 30.3 Å². The van der Waals surface area contributed by atoms with Crippen LogP contribution in [0.3, 0.4) is 0 Å². The van der Waals surface area contributed by atoms with Crippen molar-refractivity contribution in [3.63, 3.8) is 0 Å². The zero-order valence-corrected chi connectivity index (χ0v) is 11.3. The molecule has 0 amide bonds. The van der Waals surface area contributed by atoms with E-state index in [2.05, 4.69) is 54.7 Å². The van der Waals surface area contributed by atoms with Crippen molar-refractivity contribution in [3.05, 3.63) is 46.4 Å². The highest BCUT2D eigenvalue weighted by molar-refractivity contribution is 7.10. The molecular formula is C14H18N2S. The van der Waals surface area contributed by atoms with E-state index in [0.29, 0.717) is 12.0 Å². The number of nitrogens with one attached hydrogen (secondary N) is 1. The first-order chi connectivity index (χ1) is 8.16. The molecule has 0 spiro atoms. The van der Waals surface area contributed by atoms with Crippen LogP contribution in [0.5, 0.6) is 0 Å². The molecule has 0 aliphatic carbocycles. The molecule has 0 saturated carbocycles. The molecule has 1 atom stereocenters. The maximum absolute atomic E-state index is 4.22. The van der Waals surface area contributed by atoms with E-state index in [1.54, 1.807) is 11.3 Å². The summed E-state index contributed by atoms with van der Waals surface area (Å²) in [5.74, 6) is 0.550. The highest BCUT2D eigenvalue weighted by atomic mass is 32.1. The molecule has 3 heteroatoms. The first-order valence-corrected chi connectivity index (χ1v) is 6.76. The fourth-order valence-electron chi connectivity index (χ4n) is 1.85. The van der Waals surface area contributed by atoms with Crippen LogP contribution in [-0.2, 0) is 0 Å². The number of thiophene rings is 1. The van der Waals surface area contributed by atoms with Gasteiger partial charge in [0.25, 0.3) is 0 Å². The minimum atomic E-state index is 0.360. The van der Waals surface area contributed by atoms with Gasteiger partial charge in [0.15, 0.2) is 0 Å². The summed E-state index contributed by atoms with van der Waals surface area (Å²) in [6.45, 7) is 6.54. The van der Waals surface area contributed by atoms with Gasteiger partial charge in [-0.1, -0.05) is 19.9 Å². The summed E-state index contributed by atoms with van der Waals surface area (Å²) >= 11 is 1.80. The Balaban J connectivity index is 2.19. The zero-order valence-electron chi connectivity index (χ0n) is 10.5. The first kappa shape index (κ1) is 12.1. The number of hydrogen-bond acceptors (Lipinski definition) is 3. The molecular weight excluding hydrogens is 228 g/mol. The van der Waals surface area contributed by atoms with Crippen LogP contribution in [-0.4, -0.2) is 4.98 Å². The maximum Gasteiger partial charge on any atom is 0.0629 e. The van der Waals surface area contributed by atoms with Gasteiger partial charge in [-0.25, -0.2) is 0 Å². The second kappa shape index (κ2) is 5.32.